The number of phenolic OH excluding ortho intramolecular Hbond substituents is 1. The molecule has 14 heteroatoms. The molecule has 5 N–H and O–H groups in total. The monoisotopic (exact) mass is 594 g/mol. The number of fused-ring (bicyclic) bond motifs is 3. The molecular weight excluding hydrogens is 561 g/mol. The molecule has 0 radical (unpaired) electrons. The molecule has 0 spiro atoms. The molecule has 1 amide bonds. The molecule has 42 heavy (non-hydrogen) atoms. The Balaban J connectivity index is 1.68. The molecule has 1 aromatic rings. The topological polar surface area (TPSA) is 170 Å². The van der Waals surface area contributed by atoms with E-state index in [0.717, 1.165) is 6.07 Å². The Morgan fingerprint density at radius 3 is 2.45 bits per heavy atom. The van der Waals surface area contributed by atoms with Gasteiger partial charge in [-0.1, -0.05) is 6.92 Å². The number of Topliss-reactive ketones (excluding diaryl/α,β-unsaturated/α-hetero) is 4. The van der Waals surface area contributed by atoms with E-state index in [0.29, 0.717) is 19.6 Å². The van der Waals surface area contributed by atoms with E-state index in [1.54, 1.807) is 0 Å². The molecule has 1 aliphatic heterocycles. The van der Waals surface area contributed by atoms with E-state index in [2.05, 4.69) is 5.32 Å². The lowest BCUT2D eigenvalue weighted by Gasteiger charge is -2.52. The highest BCUT2D eigenvalue weighted by Crippen LogP contribution is 2.53. The predicted octanol–water partition coefficient (Wildman–Crippen LogP) is -0.148. The number of aliphatic hydroxyl groups is 1. The molecule has 0 bridgehead atoms. The Hall–Kier alpha value is -3.20. The van der Waals surface area contributed by atoms with E-state index in [-0.39, 0.29) is 18.5 Å². The second kappa shape index (κ2) is 10.2. The standard InChI is InChI=1S/C28H33F3N4O7/c1-4-35-6-5-33-10-15(35)12-9-16(36)18-13(20(12)28(29,30)31)7-11-8-14-21(34(2)3)23(38)19(26(32)41)25(40)27(14,42)24(39)17(11)22(18)37/h9,11,14-15,17,19,21,33,36,42H,4-8,10H2,1-3H3,(H2,32,41). The first-order valence-corrected chi connectivity index (χ1v) is 13.8. The molecule has 3 aliphatic carbocycles. The number of ketones is 4. The first kappa shape index (κ1) is 30.3. The predicted molar refractivity (Wildman–Crippen MR) is 139 cm³/mol. The minimum Gasteiger partial charge on any atom is -0.507 e. The molecule has 0 aromatic heterocycles. The van der Waals surface area contributed by atoms with Crippen LogP contribution in [-0.2, 0) is 31.8 Å². The minimum absolute atomic E-state index is 0.179. The van der Waals surface area contributed by atoms with Crippen LogP contribution in [0.4, 0.5) is 13.2 Å². The van der Waals surface area contributed by atoms with Crippen molar-refractivity contribution in [2.75, 3.05) is 40.3 Å². The number of halogens is 3. The van der Waals surface area contributed by atoms with Gasteiger partial charge in [0, 0.05) is 31.6 Å². The van der Waals surface area contributed by atoms with Crippen molar-refractivity contribution >= 4 is 29.0 Å². The van der Waals surface area contributed by atoms with Gasteiger partial charge in [-0.2, -0.15) is 13.2 Å². The number of nitrogens with one attached hydrogen (secondary N) is 1. The van der Waals surface area contributed by atoms with Crippen molar-refractivity contribution in [1.29, 1.82) is 0 Å². The minimum atomic E-state index is -4.92. The van der Waals surface area contributed by atoms with Crippen LogP contribution >= 0.6 is 0 Å². The second-order valence-electron chi connectivity index (χ2n) is 11.8. The fourth-order valence-corrected chi connectivity index (χ4v) is 7.74. The Kier molecular flexibility index (Phi) is 7.36. The molecule has 1 heterocycles. The maximum Gasteiger partial charge on any atom is 0.417 e. The average Bonchev–Trinajstić information content (AvgIpc) is 2.89. The van der Waals surface area contributed by atoms with Gasteiger partial charge in [-0.25, -0.2) is 0 Å². The number of primary amides is 1. The number of nitrogens with two attached hydrogens (primary N) is 1. The number of hydrogen-bond donors (Lipinski definition) is 4. The second-order valence-corrected chi connectivity index (χ2v) is 11.8. The Labute approximate surface area is 239 Å². The van der Waals surface area contributed by atoms with E-state index in [1.807, 2.05) is 11.8 Å². The van der Waals surface area contributed by atoms with Gasteiger partial charge in [0.25, 0.3) is 0 Å². The third-order valence-corrected chi connectivity index (χ3v) is 9.50. The summed E-state index contributed by atoms with van der Waals surface area (Å²) in [7, 11) is 2.86. The first-order chi connectivity index (χ1) is 19.6. The Bertz CT molecular complexity index is 1400. The summed E-state index contributed by atoms with van der Waals surface area (Å²) in [4.78, 5) is 69.5. The third-order valence-electron chi connectivity index (χ3n) is 9.50. The van der Waals surface area contributed by atoms with Crippen molar-refractivity contribution in [2.24, 2.45) is 29.4 Å². The van der Waals surface area contributed by atoms with E-state index >= 15 is 0 Å². The van der Waals surface area contributed by atoms with Crippen LogP contribution in [0.3, 0.4) is 0 Å². The van der Waals surface area contributed by atoms with Crippen molar-refractivity contribution in [3.8, 4) is 5.75 Å². The SMILES string of the molecule is CCN1CCNCC1c1cc(O)c2c(c1C(F)(F)F)CC1CC3C(N(C)C)C(=O)C(C(N)=O)C(=O)C3(O)C(=O)C1C2=O. The number of carbonyl (C=O) groups is 5. The van der Waals surface area contributed by atoms with E-state index in [1.165, 1.54) is 19.0 Å². The van der Waals surface area contributed by atoms with Gasteiger partial charge in [-0.3, -0.25) is 33.8 Å². The van der Waals surface area contributed by atoms with Gasteiger partial charge in [0.05, 0.1) is 23.1 Å². The highest BCUT2D eigenvalue weighted by Gasteiger charge is 2.69. The maximum absolute atomic E-state index is 14.8. The van der Waals surface area contributed by atoms with Gasteiger partial charge < -0.3 is 21.3 Å². The zero-order chi connectivity index (χ0) is 31.0. The van der Waals surface area contributed by atoms with Crippen LogP contribution < -0.4 is 11.1 Å². The Morgan fingerprint density at radius 2 is 1.88 bits per heavy atom. The van der Waals surface area contributed by atoms with Gasteiger partial charge in [-0.15, -0.1) is 0 Å². The number of carbonyl (C=O) groups excluding carboxylic acids is 5. The molecule has 1 saturated heterocycles. The molecule has 228 valence electrons. The van der Waals surface area contributed by atoms with Crippen LogP contribution in [0, 0.1) is 23.7 Å². The third kappa shape index (κ3) is 4.21. The number of aromatic hydroxyl groups is 1. The fraction of sp³-hybridized carbons (Fsp3) is 0.607. The van der Waals surface area contributed by atoms with Crippen molar-refractivity contribution in [3.63, 3.8) is 0 Å². The number of phenols is 1. The summed E-state index contributed by atoms with van der Waals surface area (Å²) >= 11 is 0. The Morgan fingerprint density at radius 1 is 1.21 bits per heavy atom. The maximum atomic E-state index is 14.8. The van der Waals surface area contributed by atoms with E-state index in [4.69, 9.17) is 5.73 Å². The molecule has 5 rings (SSSR count). The van der Waals surface area contributed by atoms with Crippen LogP contribution in [0.2, 0.25) is 0 Å². The molecule has 7 unspecified atom stereocenters. The van der Waals surface area contributed by atoms with Gasteiger partial charge in [0.15, 0.2) is 34.7 Å². The van der Waals surface area contributed by atoms with Gasteiger partial charge in [-0.05, 0) is 56.6 Å². The number of likely N-dealkylation sites (N-methyl/N-ethyl adjacent to an activating group) is 2. The number of piperazine rings is 1. The summed E-state index contributed by atoms with van der Waals surface area (Å²) < 4.78 is 44.5. The smallest absolute Gasteiger partial charge is 0.417 e. The first-order valence-electron chi connectivity index (χ1n) is 13.8. The number of benzene rings is 1. The average molecular weight is 595 g/mol. The highest BCUT2D eigenvalue weighted by molar-refractivity contribution is 6.32. The highest BCUT2D eigenvalue weighted by atomic mass is 19.4. The molecule has 7 atom stereocenters. The lowest BCUT2D eigenvalue weighted by atomic mass is 9.52. The molecule has 2 saturated carbocycles. The molecule has 11 nitrogen and oxygen atoms in total. The summed E-state index contributed by atoms with van der Waals surface area (Å²) in [6, 6.07) is -1.18. The van der Waals surface area contributed by atoms with E-state index in [9.17, 15) is 47.4 Å². The quantitative estimate of drug-likeness (QED) is 0.344. The molecular formula is C28H33F3N4O7. The van der Waals surface area contributed by atoms with Crippen molar-refractivity contribution in [1.82, 2.24) is 15.1 Å². The van der Waals surface area contributed by atoms with Crippen LogP contribution in [0.5, 0.6) is 5.75 Å². The number of amides is 1. The summed E-state index contributed by atoms with van der Waals surface area (Å²) in [5, 5.41) is 25.7. The lowest BCUT2D eigenvalue weighted by molar-refractivity contribution is -0.181. The molecule has 1 aromatic carbocycles. The van der Waals surface area contributed by atoms with Crippen LogP contribution in [0.1, 0.15) is 46.4 Å². The van der Waals surface area contributed by atoms with Crippen molar-refractivity contribution in [3.05, 3.63) is 28.3 Å². The van der Waals surface area contributed by atoms with Crippen molar-refractivity contribution in [2.45, 2.75) is 43.6 Å². The van der Waals surface area contributed by atoms with Crippen LogP contribution in [-0.4, -0.2) is 101 Å². The van der Waals surface area contributed by atoms with E-state index < -0.39 is 105 Å². The number of alkyl halides is 3. The largest absolute Gasteiger partial charge is 0.507 e. The number of rotatable bonds is 4. The van der Waals surface area contributed by atoms with Crippen molar-refractivity contribution < 1.29 is 47.4 Å². The molecule has 4 aliphatic rings. The zero-order valence-electron chi connectivity index (χ0n) is 23.3. The van der Waals surface area contributed by atoms with Crippen LogP contribution in [0.15, 0.2) is 6.07 Å². The molecule has 3 fully saturated rings. The number of nitrogens with zero attached hydrogens (tertiary/aromatic N) is 2. The van der Waals surface area contributed by atoms with Gasteiger partial charge in [0.2, 0.25) is 5.91 Å². The fourth-order valence-electron chi connectivity index (χ4n) is 7.74. The number of hydrogen-bond acceptors (Lipinski definition) is 10. The van der Waals surface area contributed by atoms with Crippen LogP contribution in [0.25, 0.3) is 0 Å². The summed E-state index contributed by atoms with van der Waals surface area (Å²) in [5.41, 5.74) is -0.0380. The van der Waals surface area contributed by atoms with Gasteiger partial charge in [0.1, 0.15) is 5.75 Å². The summed E-state index contributed by atoms with van der Waals surface area (Å²) in [6.45, 7) is 3.47. The summed E-state index contributed by atoms with van der Waals surface area (Å²) in [6.07, 6.45) is -5.72. The normalized spacial score (nSPS) is 33.8. The summed E-state index contributed by atoms with van der Waals surface area (Å²) in [5.74, 6) is -13.4. The lowest BCUT2D eigenvalue weighted by Crippen LogP contribution is -2.74. The zero-order valence-corrected chi connectivity index (χ0v) is 23.3. The van der Waals surface area contributed by atoms with Gasteiger partial charge >= 0.3 is 6.18 Å².